The summed E-state index contributed by atoms with van der Waals surface area (Å²) in [6, 6.07) is 2.76. The normalized spacial score (nSPS) is 21.5. The lowest BCUT2D eigenvalue weighted by Gasteiger charge is -2.24. The molecule has 0 bridgehead atoms. The number of aliphatic imine (C=N–C) groups is 1. The highest BCUT2D eigenvalue weighted by Crippen LogP contribution is 2.31. The first kappa shape index (κ1) is 15.8. The maximum absolute atomic E-state index is 13.9. The SMILES string of the molecule is Cc1cc(OC(=O)C2CCC(C)CC2)cc(F)c1N=C=S. The Bertz CT molecular complexity index is 565. The van der Waals surface area contributed by atoms with Crippen molar-refractivity contribution in [3.8, 4) is 5.75 Å². The fourth-order valence-corrected chi connectivity index (χ4v) is 2.74. The van der Waals surface area contributed by atoms with Gasteiger partial charge in [-0.2, -0.15) is 4.99 Å². The highest BCUT2D eigenvalue weighted by Gasteiger charge is 2.26. The van der Waals surface area contributed by atoms with E-state index >= 15 is 0 Å². The quantitative estimate of drug-likeness (QED) is 0.354. The molecule has 0 N–H and O–H groups in total. The van der Waals surface area contributed by atoms with Crippen LogP contribution < -0.4 is 4.74 Å². The van der Waals surface area contributed by atoms with E-state index in [-0.39, 0.29) is 23.3 Å². The van der Waals surface area contributed by atoms with Crippen LogP contribution in [0.5, 0.6) is 5.75 Å². The molecule has 0 unspecified atom stereocenters. The summed E-state index contributed by atoms with van der Waals surface area (Å²) in [7, 11) is 0. The first-order valence-corrected chi connectivity index (χ1v) is 7.51. The molecule has 0 heterocycles. The predicted molar refractivity (Wildman–Crippen MR) is 82.6 cm³/mol. The van der Waals surface area contributed by atoms with Crippen molar-refractivity contribution in [2.75, 3.05) is 0 Å². The van der Waals surface area contributed by atoms with Crippen LogP contribution in [0.4, 0.5) is 10.1 Å². The zero-order valence-electron chi connectivity index (χ0n) is 12.2. The van der Waals surface area contributed by atoms with Crippen molar-refractivity contribution in [3.63, 3.8) is 0 Å². The molecule has 5 heteroatoms. The molecule has 21 heavy (non-hydrogen) atoms. The zero-order chi connectivity index (χ0) is 15.4. The molecule has 1 aromatic carbocycles. The number of hydrogen-bond acceptors (Lipinski definition) is 4. The average molecular weight is 307 g/mol. The molecule has 0 atom stereocenters. The van der Waals surface area contributed by atoms with E-state index in [2.05, 4.69) is 29.3 Å². The van der Waals surface area contributed by atoms with E-state index < -0.39 is 5.82 Å². The largest absolute Gasteiger partial charge is 0.426 e. The number of halogens is 1. The third-order valence-electron chi connectivity index (χ3n) is 3.95. The van der Waals surface area contributed by atoms with Gasteiger partial charge in [0.1, 0.15) is 11.4 Å². The van der Waals surface area contributed by atoms with E-state index in [9.17, 15) is 9.18 Å². The molecule has 2 rings (SSSR count). The number of aryl methyl sites for hydroxylation is 1. The molecule has 0 saturated heterocycles. The molecular formula is C16H18FNO2S. The molecule has 112 valence electrons. The Labute approximate surface area is 129 Å². The molecule has 0 aliphatic heterocycles. The highest BCUT2D eigenvalue weighted by molar-refractivity contribution is 7.78. The van der Waals surface area contributed by atoms with E-state index in [1.165, 1.54) is 6.07 Å². The Morgan fingerprint density at radius 1 is 1.38 bits per heavy atom. The third-order valence-corrected chi connectivity index (χ3v) is 4.04. The van der Waals surface area contributed by atoms with Crippen molar-refractivity contribution in [2.45, 2.75) is 39.5 Å². The lowest BCUT2D eigenvalue weighted by atomic mass is 9.83. The van der Waals surface area contributed by atoms with Crippen LogP contribution >= 0.6 is 12.2 Å². The number of thiocarbonyl (C=S) groups is 1. The number of benzene rings is 1. The minimum atomic E-state index is -0.563. The summed E-state index contributed by atoms with van der Waals surface area (Å²) in [6.45, 7) is 3.88. The topological polar surface area (TPSA) is 38.7 Å². The fourth-order valence-electron chi connectivity index (χ4n) is 2.65. The number of hydrogen-bond donors (Lipinski definition) is 0. The van der Waals surface area contributed by atoms with E-state index in [1.807, 2.05) is 0 Å². The van der Waals surface area contributed by atoms with Gasteiger partial charge < -0.3 is 4.74 Å². The van der Waals surface area contributed by atoms with Crippen molar-refractivity contribution in [1.82, 2.24) is 0 Å². The van der Waals surface area contributed by atoms with Gasteiger partial charge in [-0.25, -0.2) is 4.39 Å². The van der Waals surface area contributed by atoms with Crippen molar-refractivity contribution < 1.29 is 13.9 Å². The lowest BCUT2D eigenvalue weighted by Crippen LogP contribution is -2.25. The number of esters is 1. The fraction of sp³-hybridized carbons (Fsp3) is 0.500. The van der Waals surface area contributed by atoms with Crippen LogP contribution in [0, 0.1) is 24.6 Å². The van der Waals surface area contributed by atoms with Gasteiger partial charge in [-0.05, 0) is 62.4 Å². The number of nitrogens with zero attached hydrogens (tertiary/aromatic N) is 1. The summed E-state index contributed by atoms with van der Waals surface area (Å²) in [6.07, 6.45) is 3.76. The van der Waals surface area contributed by atoms with Crippen LogP contribution in [0.3, 0.4) is 0 Å². The summed E-state index contributed by atoms with van der Waals surface area (Å²) >= 11 is 4.48. The predicted octanol–water partition coefficient (Wildman–Crippen LogP) is 4.60. The number of ether oxygens (including phenoxy) is 1. The Morgan fingerprint density at radius 2 is 2.05 bits per heavy atom. The Balaban J connectivity index is 2.09. The van der Waals surface area contributed by atoms with Gasteiger partial charge in [0.2, 0.25) is 0 Å². The summed E-state index contributed by atoms with van der Waals surface area (Å²) < 4.78 is 19.2. The van der Waals surface area contributed by atoms with Gasteiger partial charge in [0.15, 0.2) is 5.82 Å². The molecule has 0 radical (unpaired) electrons. The van der Waals surface area contributed by atoms with Crippen molar-refractivity contribution >= 4 is 29.0 Å². The van der Waals surface area contributed by atoms with Crippen LogP contribution in [0.2, 0.25) is 0 Å². The Hall–Kier alpha value is -1.58. The van der Waals surface area contributed by atoms with Crippen LogP contribution in [0.1, 0.15) is 38.2 Å². The number of carbonyl (C=O) groups excluding carboxylic acids is 1. The molecule has 0 aromatic heterocycles. The summed E-state index contributed by atoms with van der Waals surface area (Å²) in [4.78, 5) is 15.8. The van der Waals surface area contributed by atoms with Gasteiger partial charge in [-0.15, -0.1) is 0 Å². The molecular weight excluding hydrogens is 289 g/mol. The minimum Gasteiger partial charge on any atom is -0.426 e. The summed E-state index contributed by atoms with van der Waals surface area (Å²) in [5.41, 5.74) is 0.698. The molecule has 0 spiro atoms. The van der Waals surface area contributed by atoms with Gasteiger partial charge in [-0.3, -0.25) is 4.79 Å². The molecule has 1 aromatic rings. The smallest absolute Gasteiger partial charge is 0.314 e. The van der Waals surface area contributed by atoms with Crippen LogP contribution in [0.25, 0.3) is 0 Å². The van der Waals surface area contributed by atoms with Crippen molar-refractivity contribution in [3.05, 3.63) is 23.5 Å². The van der Waals surface area contributed by atoms with E-state index in [0.29, 0.717) is 11.5 Å². The summed E-state index contributed by atoms with van der Waals surface area (Å²) in [5, 5.41) is 2.14. The third kappa shape index (κ3) is 3.96. The van der Waals surface area contributed by atoms with Gasteiger partial charge in [0.05, 0.1) is 11.1 Å². The molecule has 3 nitrogen and oxygen atoms in total. The molecule has 1 aliphatic rings. The second kappa shape index (κ2) is 6.92. The second-order valence-electron chi connectivity index (χ2n) is 5.65. The first-order chi connectivity index (χ1) is 10.0. The van der Waals surface area contributed by atoms with Crippen LogP contribution in [-0.2, 0) is 4.79 Å². The first-order valence-electron chi connectivity index (χ1n) is 7.11. The average Bonchev–Trinajstić information content (AvgIpc) is 2.43. The van der Waals surface area contributed by atoms with E-state index in [1.54, 1.807) is 13.0 Å². The second-order valence-corrected chi connectivity index (χ2v) is 5.83. The number of rotatable bonds is 3. The van der Waals surface area contributed by atoms with Crippen LogP contribution in [-0.4, -0.2) is 11.1 Å². The zero-order valence-corrected chi connectivity index (χ0v) is 13.0. The molecule has 0 amide bonds. The Kier molecular flexibility index (Phi) is 5.21. The van der Waals surface area contributed by atoms with Gasteiger partial charge in [-0.1, -0.05) is 6.92 Å². The molecule has 1 fully saturated rings. The maximum Gasteiger partial charge on any atom is 0.314 e. The molecule has 1 aliphatic carbocycles. The standard InChI is InChI=1S/C16H18FNO2S/c1-10-3-5-12(6-4-10)16(19)20-13-7-11(2)15(18-9-21)14(17)8-13/h7-8,10,12H,3-6H2,1-2H3. The van der Waals surface area contributed by atoms with E-state index in [0.717, 1.165) is 25.7 Å². The van der Waals surface area contributed by atoms with Crippen molar-refractivity contribution in [2.24, 2.45) is 16.8 Å². The molecule has 1 saturated carbocycles. The number of isothiocyanates is 1. The monoisotopic (exact) mass is 307 g/mol. The lowest BCUT2D eigenvalue weighted by molar-refractivity contribution is -0.140. The summed E-state index contributed by atoms with van der Waals surface area (Å²) in [5.74, 6) is -0.0279. The van der Waals surface area contributed by atoms with Gasteiger partial charge in [0, 0.05) is 6.07 Å². The van der Waals surface area contributed by atoms with Crippen LogP contribution in [0.15, 0.2) is 17.1 Å². The van der Waals surface area contributed by atoms with Crippen molar-refractivity contribution in [1.29, 1.82) is 0 Å². The maximum atomic E-state index is 13.9. The van der Waals surface area contributed by atoms with E-state index in [4.69, 9.17) is 4.74 Å². The highest BCUT2D eigenvalue weighted by atomic mass is 32.1. The number of carbonyl (C=O) groups is 1. The Morgan fingerprint density at radius 3 is 2.62 bits per heavy atom. The van der Waals surface area contributed by atoms with Gasteiger partial charge >= 0.3 is 5.97 Å². The minimum absolute atomic E-state index is 0.0803. The van der Waals surface area contributed by atoms with Gasteiger partial charge in [0.25, 0.3) is 0 Å².